The van der Waals surface area contributed by atoms with E-state index in [0.717, 1.165) is 19.2 Å². The zero-order chi connectivity index (χ0) is 12.6. The third kappa shape index (κ3) is 1.92. The first-order valence-electron chi connectivity index (χ1n) is 4.75. The molecule has 0 saturated carbocycles. The van der Waals surface area contributed by atoms with Crippen LogP contribution in [0.25, 0.3) is 0 Å². The molecule has 1 aliphatic rings. The lowest BCUT2D eigenvalue weighted by atomic mass is 10.1. The van der Waals surface area contributed by atoms with Crippen molar-refractivity contribution >= 4 is 23.0 Å². The molecule has 0 aromatic heterocycles. The van der Waals surface area contributed by atoms with Gasteiger partial charge >= 0.3 is 0 Å². The van der Waals surface area contributed by atoms with Crippen LogP contribution in [0, 0.1) is 15.0 Å². The Balaban J connectivity index is 2.64. The quantitative estimate of drug-likeness (QED) is 0.360. The van der Waals surface area contributed by atoms with Gasteiger partial charge < -0.3 is 10.6 Å². The van der Waals surface area contributed by atoms with Gasteiger partial charge in [-0.2, -0.15) is 0 Å². The monoisotopic (exact) mass is 236 g/mol. The SMILES string of the molecule is NC(=O)c1cc(N2CC2)c(N=O)cc1[N+](=O)[O-]. The van der Waals surface area contributed by atoms with Crippen molar-refractivity contribution in [1.82, 2.24) is 0 Å². The van der Waals surface area contributed by atoms with Gasteiger partial charge in [-0.3, -0.25) is 14.9 Å². The minimum Gasteiger partial charge on any atom is -0.366 e. The van der Waals surface area contributed by atoms with Crippen molar-refractivity contribution in [3.63, 3.8) is 0 Å². The van der Waals surface area contributed by atoms with Crippen LogP contribution in [-0.2, 0) is 0 Å². The van der Waals surface area contributed by atoms with Gasteiger partial charge in [-0.15, -0.1) is 4.91 Å². The number of hydrogen-bond acceptors (Lipinski definition) is 6. The lowest BCUT2D eigenvalue weighted by Crippen LogP contribution is -2.14. The summed E-state index contributed by atoms with van der Waals surface area (Å²) in [4.78, 5) is 33.4. The molecule has 2 rings (SSSR count). The van der Waals surface area contributed by atoms with Gasteiger partial charge in [-0.1, -0.05) is 0 Å². The summed E-state index contributed by atoms with van der Waals surface area (Å²) < 4.78 is 0. The molecule has 2 N–H and O–H groups in total. The molecule has 88 valence electrons. The number of hydrogen-bond donors (Lipinski definition) is 1. The lowest BCUT2D eigenvalue weighted by Gasteiger charge is -2.07. The fourth-order valence-corrected chi connectivity index (χ4v) is 1.53. The number of nitro benzene ring substituents is 1. The summed E-state index contributed by atoms with van der Waals surface area (Å²) in [6, 6.07) is 2.21. The van der Waals surface area contributed by atoms with E-state index in [1.54, 1.807) is 4.90 Å². The van der Waals surface area contributed by atoms with E-state index in [1.165, 1.54) is 6.07 Å². The molecule has 0 radical (unpaired) electrons. The third-order valence-corrected chi connectivity index (χ3v) is 2.44. The second-order valence-electron chi connectivity index (χ2n) is 3.56. The average molecular weight is 236 g/mol. The van der Waals surface area contributed by atoms with Crippen LogP contribution in [0.2, 0.25) is 0 Å². The predicted octanol–water partition coefficient (Wildman–Crippen LogP) is 0.912. The van der Waals surface area contributed by atoms with Crippen molar-refractivity contribution in [2.24, 2.45) is 10.9 Å². The number of benzene rings is 1. The Kier molecular flexibility index (Phi) is 2.47. The van der Waals surface area contributed by atoms with E-state index in [4.69, 9.17) is 5.73 Å². The number of nitro groups is 1. The molecule has 0 aliphatic carbocycles. The minimum atomic E-state index is -0.905. The van der Waals surface area contributed by atoms with E-state index < -0.39 is 16.5 Å². The van der Waals surface area contributed by atoms with Crippen LogP contribution >= 0.6 is 0 Å². The van der Waals surface area contributed by atoms with Crippen molar-refractivity contribution < 1.29 is 9.72 Å². The Morgan fingerprint density at radius 3 is 2.53 bits per heavy atom. The van der Waals surface area contributed by atoms with Crippen LogP contribution in [0.4, 0.5) is 17.1 Å². The molecule has 8 nitrogen and oxygen atoms in total. The van der Waals surface area contributed by atoms with Gasteiger partial charge in [0.25, 0.3) is 11.6 Å². The minimum absolute atomic E-state index is 0.0563. The molecule has 8 heteroatoms. The molecule has 0 spiro atoms. The van der Waals surface area contributed by atoms with Crippen molar-refractivity contribution in [3.05, 3.63) is 32.7 Å². The molecule has 1 saturated heterocycles. The van der Waals surface area contributed by atoms with Crippen LogP contribution in [0.3, 0.4) is 0 Å². The molecule has 1 aromatic rings. The number of rotatable bonds is 4. The van der Waals surface area contributed by atoms with Gasteiger partial charge in [0.15, 0.2) is 0 Å². The van der Waals surface area contributed by atoms with E-state index in [2.05, 4.69) is 5.18 Å². The van der Waals surface area contributed by atoms with Crippen molar-refractivity contribution in [2.45, 2.75) is 0 Å². The van der Waals surface area contributed by atoms with Gasteiger partial charge in [0, 0.05) is 19.2 Å². The molecule has 0 bridgehead atoms. The Bertz CT molecular complexity index is 524. The first kappa shape index (κ1) is 11.0. The van der Waals surface area contributed by atoms with Crippen LogP contribution in [0.5, 0.6) is 0 Å². The van der Waals surface area contributed by atoms with Crippen molar-refractivity contribution in [1.29, 1.82) is 0 Å². The molecular weight excluding hydrogens is 228 g/mol. The van der Waals surface area contributed by atoms with E-state index in [9.17, 15) is 19.8 Å². The van der Waals surface area contributed by atoms with E-state index in [-0.39, 0.29) is 11.3 Å². The standard InChI is InChI=1S/C9H8N4O4/c10-9(14)5-3-8(12-1-2-12)6(11-15)4-7(5)13(16)17/h3-4H,1-2H2,(H2,10,14). The topological polar surface area (TPSA) is 119 Å². The smallest absolute Gasteiger partial charge is 0.284 e. The highest BCUT2D eigenvalue weighted by atomic mass is 16.6. The van der Waals surface area contributed by atoms with Gasteiger partial charge in [0.05, 0.1) is 10.6 Å². The molecule has 1 aliphatic heterocycles. The summed E-state index contributed by atoms with van der Waals surface area (Å²) >= 11 is 0. The van der Waals surface area contributed by atoms with Crippen molar-refractivity contribution in [2.75, 3.05) is 18.0 Å². The molecule has 0 unspecified atom stereocenters. The molecule has 1 aromatic carbocycles. The number of nitrogens with zero attached hydrogens (tertiary/aromatic N) is 3. The fraction of sp³-hybridized carbons (Fsp3) is 0.222. The Morgan fingerprint density at radius 1 is 1.47 bits per heavy atom. The van der Waals surface area contributed by atoms with Gasteiger partial charge in [-0.25, -0.2) is 0 Å². The van der Waals surface area contributed by atoms with Crippen LogP contribution in [-0.4, -0.2) is 23.9 Å². The number of nitrogens with two attached hydrogens (primary N) is 1. The number of anilines is 1. The van der Waals surface area contributed by atoms with Crippen LogP contribution < -0.4 is 10.6 Å². The average Bonchev–Trinajstić information content (AvgIpc) is 3.10. The molecular formula is C9H8N4O4. The highest BCUT2D eigenvalue weighted by molar-refractivity contribution is 5.99. The molecule has 0 atom stereocenters. The largest absolute Gasteiger partial charge is 0.366 e. The summed E-state index contributed by atoms with van der Waals surface area (Å²) in [6.45, 7) is 1.44. The highest BCUT2D eigenvalue weighted by Crippen LogP contribution is 2.37. The summed E-state index contributed by atoms with van der Waals surface area (Å²) in [6.07, 6.45) is 0. The number of nitroso groups, excluding NO2 is 1. The maximum atomic E-state index is 11.1. The van der Waals surface area contributed by atoms with E-state index in [0.29, 0.717) is 5.69 Å². The summed E-state index contributed by atoms with van der Waals surface area (Å²) in [7, 11) is 0. The first-order chi connectivity index (χ1) is 8.04. The number of amides is 1. The summed E-state index contributed by atoms with van der Waals surface area (Å²) in [5, 5.41) is 13.5. The third-order valence-electron chi connectivity index (χ3n) is 2.44. The van der Waals surface area contributed by atoms with Gasteiger partial charge in [-0.05, 0) is 11.2 Å². The number of primary amides is 1. The fourth-order valence-electron chi connectivity index (χ4n) is 1.53. The predicted molar refractivity (Wildman–Crippen MR) is 59.3 cm³/mol. The molecule has 17 heavy (non-hydrogen) atoms. The number of carbonyl (C=O) groups excluding carboxylic acids is 1. The normalized spacial score (nSPS) is 13.3. The first-order valence-corrected chi connectivity index (χ1v) is 4.75. The van der Waals surface area contributed by atoms with Gasteiger partial charge in [0.2, 0.25) is 0 Å². The second-order valence-corrected chi connectivity index (χ2v) is 3.56. The highest BCUT2D eigenvalue weighted by Gasteiger charge is 2.28. The zero-order valence-corrected chi connectivity index (χ0v) is 8.62. The van der Waals surface area contributed by atoms with Crippen LogP contribution in [0.1, 0.15) is 10.4 Å². The summed E-state index contributed by atoms with van der Waals surface area (Å²) in [5.41, 5.74) is 4.69. The molecule has 1 fully saturated rings. The van der Waals surface area contributed by atoms with E-state index in [1.807, 2.05) is 0 Å². The van der Waals surface area contributed by atoms with Crippen molar-refractivity contribution in [3.8, 4) is 0 Å². The molecule has 1 heterocycles. The van der Waals surface area contributed by atoms with Gasteiger partial charge in [0.1, 0.15) is 11.3 Å². The maximum Gasteiger partial charge on any atom is 0.284 e. The Hall–Kier alpha value is -2.51. The number of carbonyl (C=O) groups is 1. The Labute approximate surface area is 95.1 Å². The maximum absolute atomic E-state index is 11.1. The molecule has 1 amide bonds. The Morgan fingerprint density at radius 2 is 2.12 bits per heavy atom. The second kappa shape index (κ2) is 3.81. The zero-order valence-electron chi connectivity index (χ0n) is 8.62. The lowest BCUT2D eigenvalue weighted by molar-refractivity contribution is -0.385. The summed E-state index contributed by atoms with van der Waals surface area (Å²) in [5.74, 6) is -0.905. The van der Waals surface area contributed by atoms with Crippen LogP contribution in [0.15, 0.2) is 17.3 Å². The van der Waals surface area contributed by atoms with E-state index >= 15 is 0 Å².